The Hall–Kier alpha value is -2.86. The van der Waals surface area contributed by atoms with E-state index < -0.39 is 0 Å². The maximum Gasteiger partial charge on any atom is 0.267 e. The quantitative estimate of drug-likeness (QED) is 0.730. The molecule has 4 rings (SSSR count). The summed E-state index contributed by atoms with van der Waals surface area (Å²) in [7, 11) is 0. The molecule has 3 aromatic rings. The number of hydrogen-bond acceptors (Lipinski definition) is 3. The van der Waals surface area contributed by atoms with E-state index in [0.717, 1.165) is 49.3 Å². The largest absolute Gasteiger partial charge is 0.369 e. The van der Waals surface area contributed by atoms with Crippen molar-refractivity contribution < 1.29 is 9.18 Å². The van der Waals surface area contributed by atoms with E-state index >= 15 is 0 Å². The van der Waals surface area contributed by atoms with Crippen LogP contribution in [0.3, 0.4) is 0 Å². The average Bonchev–Trinajstić information content (AvgIpc) is 3.14. The van der Waals surface area contributed by atoms with Crippen LogP contribution in [-0.4, -0.2) is 55.1 Å². The van der Waals surface area contributed by atoms with Crippen LogP contribution in [0.5, 0.6) is 0 Å². The Bertz CT molecular complexity index is 880. The van der Waals surface area contributed by atoms with Crippen molar-refractivity contribution in [1.82, 2.24) is 15.2 Å². The van der Waals surface area contributed by atoms with Crippen LogP contribution in [0.4, 0.5) is 10.1 Å². The van der Waals surface area contributed by atoms with Crippen LogP contribution >= 0.6 is 0 Å². The summed E-state index contributed by atoms with van der Waals surface area (Å²) >= 11 is 0. The van der Waals surface area contributed by atoms with Gasteiger partial charge in [-0.15, -0.1) is 0 Å². The molecule has 2 heterocycles. The minimum atomic E-state index is -0.205. The van der Waals surface area contributed by atoms with Crippen LogP contribution < -0.4 is 10.2 Å². The number of nitrogens with one attached hydrogen (secondary N) is 2. The van der Waals surface area contributed by atoms with Gasteiger partial charge in [-0.1, -0.05) is 18.2 Å². The van der Waals surface area contributed by atoms with Gasteiger partial charge in [-0.05, 0) is 36.4 Å². The zero-order valence-electron chi connectivity index (χ0n) is 15.1. The first-order valence-electron chi connectivity index (χ1n) is 9.28. The van der Waals surface area contributed by atoms with Crippen molar-refractivity contribution in [3.63, 3.8) is 0 Å². The molecule has 1 aromatic heterocycles. The molecule has 27 heavy (non-hydrogen) atoms. The number of piperazine rings is 1. The summed E-state index contributed by atoms with van der Waals surface area (Å²) in [5.41, 5.74) is 2.63. The minimum absolute atomic E-state index is 0.0730. The van der Waals surface area contributed by atoms with Crippen LogP contribution in [0.1, 0.15) is 10.5 Å². The Balaban J connectivity index is 1.23. The standard InChI is InChI=1S/C21H23FN4O/c22-17-5-7-18(8-6-17)26-13-11-25(12-14-26)10-9-23-21(27)20-15-16-3-1-2-4-19(16)24-20/h1-8,15,24H,9-14H2,(H,23,27). The maximum atomic E-state index is 13.0. The Labute approximate surface area is 157 Å². The number of H-pyrrole nitrogens is 1. The van der Waals surface area contributed by atoms with Gasteiger partial charge in [-0.2, -0.15) is 0 Å². The first kappa shape index (κ1) is 17.5. The van der Waals surface area contributed by atoms with E-state index in [0.29, 0.717) is 12.2 Å². The number of aromatic nitrogens is 1. The fourth-order valence-corrected chi connectivity index (χ4v) is 3.50. The zero-order valence-corrected chi connectivity index (χ0v) is 15.1. The number of aromatic amines is 1. The number of halogens is 1. The van der Waals surface area contributed by atoms with Gasteiger partial charge in [-0.3, -0.25) is 9.69 Å². The van der Waals surface area contributed by atoms with Crippen LogP contribution in [0, 0.1) is 5.82 Å². The average molecular weight is 366 g/mol. The number of rotatable bonds is 5. The highest BCUT2D eigenvalue weighted by Gasteiger charge is 2.17. The minimum Gasteiger partial charge on any atom is -0.369 e. The summed E-state index contributed by atoms with van der Waals surface area (Å²) in [4.78, 5) is 20.1. The second kappa shape index (κ2) is 7.80. The van der Waals surface area contributed by atoms with E-state index in [4.69, 9.17) is 0 Å². The normalized spacial score (nSPS) is 15.2. The van der Waals surface area contributed by atoms with Gasteiger partial charge in [0.05, 0.1) is 0 Å². The van der Waals surface area contributed by atoms with Crippen LogP contribution in [0.25, 0.3) is 10.9 Å². The highest BCUT2D eigenvalue weighted by Crippen LogP contribution is 2.17. The van der Waals surface area contributed by atoms with Gasteiger partial charge >= 0.3 is 0 Å². The van der Waals surface area contributed by atoms with Crippen LogP contribution in [-0.2, 0) is 0 Å². The number of carbonyl (C=O) groups is 1. The molecule has 0 spiro atoms. The highest BCUT2D eigenvalue weighted by atomic mass is 19.1. The maximum absolute atomic E-state index is 13.0. The van der Waals surface area contributed by atoms with Gasteiger partial charge in [0.1, 0.15) is 11.5 Å². The van der Waals surface area contributed by atoms with Crippen molar-refractivity contribution >= 4 is 22.5 Å². The smallest absolute Gasteiger partial charge is 0.267 e. The lowest BCUT2D eigenvalue weighted by atomic mass is 10.2. The number of fused-ring (bicyclic) bond motifs is 1. The number of carbonyl (C=O) groups excluding carboxylic acids is 1. The second-order valence-corrected chi connectivity index (χ2v) is 6.83. The molecule has 0 unspecified atom stereocenters. The van der Waals surface area contributed by atoms with Gasteiger partial charge in [-0.25, -0.2) is 4.39 Å². The predicted octanol–water partition coefficient (Wildman–Crippen LogP) is 2.86. The topological polar surface area (TPSA) is 51.4 Å². The van der Waals surface area contributed by atoms with Crippen molar-refractivity contribution in [2.45, 2.75) is 0 Å². The molecular formula is C21H23FN4O. The summed E-state index contributed by atoms with van der Waals surface area (Å²) in [5.74, 6) is -0.278. The van der Waals surface area contributed by atoms with E-state index in [2.05, 4.69) is 20.1 Å². The van der Waals surface area contributed by atoms with E-state index in [9.17, 15) is 9.18 Å². The van der Waals surface area contributed by atoms with E-state index in [-0.39, 0.29) is 11.7 Å². The SMILES string of the molecule is O=C(NCCN1CCN(c2ccc(F)cc2)CC1)c1cc2ccccc2[nH]1. The van der Waals surface area contributed by atoms with Crippen LogP contribution in [0.2, 0.25) is 0 Å². The van der Waals surface area contributed by atoms with Gasteiger partial charge in [0.2, 0.25) is 0 Å². The molecule has 1 aliphatic rings. The Morgan fingerprint density at radius 2 is 1.78 bits per heavy atom. The molecule has 0 radical (unpaired) electrons. The van der Waals surface area contributed by atoms with Gasteiger partial charge in [0.25, 0.3) is 5.91 Å². The van der Waals surface area contributed by atoms with E-state index in [1.54, 1.807) is 0 Å². The molecule has 0 saturated carbocycles. The van der Waals surface area contributed by atoms with Crippen molar-refractivity contribution in [3.8, 4) is 0 Å². The number of hydrogen-bond donors (Lipinski definition) is 2. The zero-order chi connectivity index (χ0) is 18.6. The van der Waals surface area contributed by atoms with Gasteiger partial charge in [0, 0.05) is 55.9 Å². The molecule has 2 aromatic carbocycles. The van der Waals surface area contributed by atoms with E-state index in [1.807, 2.05) is 42.5 Å². The number of nitrogens with zero attached hydrogens (tertiary/aromatic N) is 2. The van der Waals surface area contributed by atoms with Crippen LogP contribution in [0.15, 0.2) is 54.6 Å². The number of amides is 1. The first-order chi connectivity index (χ1) is 13.2. The molecule has 6 heteroatoms. The predicted molar refractivity (Wildman–Crippen MR) is 106 cm³/mol. The second-order valence-electron chi connectivity index (χ2n) is 6.83. The molecule has 0 bridgehead atoms. The summed E-state index contributed by atoms with van der Waals surface area (Å²) in [5, 5.41) is 4.03. The summed E-state index contributed by atoms with van der Waals surface area (Å²) in [6.45, 7) is 5.11. The Morgan fingerprint density at radius 3 is 2.52 bits per heavy atom. The van der Waals surface area contributed by atoms with E-state index in [1.165, 1.54) is 12.1 Å². The molecule has 0 atom stereocenters. The van der Waals surface area contributed by atoms with Crippen molar-refractivity contribution in [3.05, 3.63) is 66.1 Å². The van der Waals surface area contributed by atoms with Gasteiger partial charge in [0.15, 0.2) is 0 Å². The van der Waals surface area contributed by atoms with Crippen molar-refractivity contribution in [2.24, 2.45) is 0 Å². The van der Waals surface area contributed by atoms with Crippen molar-refractivity contribution in [1.29, 1.82) is 0 Å². The summed E-state index contributed by atoms with van der Waals surface area (Å²) in [6, 6.07) is 16.4. The summed E-state index contributed by atoms with van der Waals surface area (Å²) in [6.07, 6.45) is 0. The molecule has 1 amide bonds. The number of para-hydroxylation sites is 1. The lowest BCUT2D eigenvalue weighted by Crippen LogP contribution is -2.48. The Kier molecular flexibility index (Phi) is 5.07. The molecule has 1 aliphatic heterocycles. The first-order valence-corrected chi connectivity index (χ1v) is 9.28. The molecule has 1 saturated heterocycles. The highest BCUT2D eigenvalue weighted by molar-refractivity contribution is 5.97. The molecule has 0 aliphatic carbocycles. The summed E-state index contributed by atoms with van der Waals surface area (Å²) < 4.78 is 13.0. The molecule has 1 fully saturated rings. The number of benzene rings is 2. The molecule has 140 valence electrons. The fraction of sp³-hybridized carbons (Fsp3) is 0.286. The third-order valence-electron chi connectivity index (χ3n) is 5.05. The fourth-order valence-electron chi connectivity index (χ4n) is 3.50. The third-order valence-corrected chi connectivity index (χ3v) is 5.05. The lowest BCUT2D eigenvalue weighted by Gasteiger charge is -2.36. The molecule has 2 N–H and O–H groups in total. The molecular weight excluding hydrogens is 343 g/mol. The van der Waals surface area contributed by atoms with Gasteiger partial charge < -0.3 is 15.2 Å². The monoisotopic (exact) mass is 366 g/mol. The van der Waals surface area contributed by atoms with Crippen molar-refractivity contribution in [2.75, 3.05) is 44.2 Å². The Morgan fingerprint density at radius 1 is 1.04 bits per heavy atom. The molecule has 5 nitrogen and oxygen atoms in total. The number of anilines is 1. The third kappa shape index (κ3) is 4.11. The lowest BCUT2D eigenvalue weighted by molar-refractivity contribution is 0.0943.